The van der Waals surface area contributed by atoms with Crippen molar-refractivity contribution in [1.29, 1.82) is 0 Å². The maximum absolute atomic E-state index is 14.1. The molecule has 1 aliphatic carbocycles. The first-order valence-electron chi connectivity index (χ1n) is 12.8. The Hall–Kier alpha value is -2.28. The number of carbonyl (C=O) groups is 1. The van der Waals surface area contributed by atoms with Gasteiger partial charge in [-0.1, -0.05) is 37.6 Å². The van der Waals surface area contributed by atoms with Crippen LogP contribution in [0.25, 0.3) is 11.3 Å². The van der Waals surface area contributed by atoms with Gasteiger partial charge in [0, 0.05) is 24.9 Å². The molecule has 1 aromatic carbocycles. The van der Waals surface area contributed by atoms with E-state index in [2.05, 4.69) is 10.4 Å². The second-order valence-electron chi connectivity index (χ2n) is 10.9. The van der Waals surface area contributed by atoms with Gasteiger partial charge in [0.15, 0.2) is 5.69 Å². The average molecular weight is 616 g/mol. The fourth-order valence-corrected chi connectivity index (χ4v) is 6.36. The Bertz CT molecular complexity index is 1340. The van der Waals surface area contributed by atoms with Gasteiger partial charge in [-0.25, -0.2) is 8.42 Å². The summed E-state index contributed by atoms with van der Waals surface area (Å²) in [6, 6.07) is 2.92. The molecule has 3 rings (SSSR count). The van der Waals surface area contributed by atoms with E-state index in [0.29, 0.717) is 31.7 Å². The minimum atomic E-state index is -4.92. The molecule has 1 fully saturated rings. The summed E-state index contributed by atoms with van der Waals surface area (Å²) in [4.78, 5) is 12.9. The lowest BCUT2D eigenvalue weighted by Crippen LogP contribution is -2.34. The third-order valence-corrected chi connectivity index (χ3v) is 9.46. The van der Waals surface area contributed by atoms with Crippen molar-refractivity contribution in [3.63, 3.8) is 0 Å². The maximum atomic E-state index is 14.1. The molecule has 1 N–H and O–H groups in total. The predicted octanol–water partition coefficient (Wildman–Crippen LogP) is 6.71. The molecular weight excluding hydrogens is 584 g/mol. The fraction of sp³-hybridized carbons (Fsp3) is 0.615. The van der Waals surface area contributed by atoms with Gasteiger partial charge in [-0.15, -0.1) is 0 Å². The van der Waals surface area contributed by atoms with E-state index in [1.54, 1.807) is 6.92 Å². The molecule has 40 heavy (non-hydrogen) atoms. The highest BCUT2D eigenvalue weighted by molar-refractivity contribution is 7.91. The fourth-order valence-electron chi connectivity index (χ4n) is 4.91. The third kappa shape index (κ3) is 7.13. The number of nitrogens with one attached hydrogen (secondary N) is 1. The van der Waals surface area contributed by atoms with Gasteiger partial charge in [-0.05, 0) is 56.6 Å². The highest BCUT2D eigenvalue weighted by atomic mass is 35.5. The molecule has 0 bridgehead atoms. The molecule has 0 spiro atoms. The Labute approximate surface area is 234 Å². The summed E-state index contributed by atoms with van der Waals surface area (Å²) in [5.74, 6) is -0.667. The summed E-state index contributed by atoms with van der Waals surface area (Å²) >= 11 is 6.43. The highest BCUT2D eigenvalue weighted by Crippen LogP contribution is 2.44. The van der Waals surface area contributed by atoms with Crippen molar-refractivity contribution in [1.82, 2.24) is 15.1 Å². The number of nitrogens with zero attached hydrogens (tertiary/aromatic N) is 2. The first-order valence-corrected chi connectivity index (χ1v) is 15.1. The zero-order chi connectivity index (χ0) is 30.3. The van der Waals surface area contributed by atoms with E-state index in [0.717, 1.165) is 24.6 Å². The third-order valence-electron chi connectivity index (χ3n) is 7.42. The van der Waals surface area contributed by atoms with Crippen LogP contribution in [0.5, 0.6) is 0 Å². The molecule has 0 aliphatic heterocycles. The number of amides is 1. The molecule has 1 saturated carbocycles. The average Bonchev–Trinajstić information content (AvgIpc) is 3.17. The Morgan fingerprint density at radius 3 is 2.20 bits per heavy atom. The molecule has 1 aromatic heterocycles. The molecule has 1 amide bonds. The number of carbonyl (C=O) groups excluding carboxylic acids is 1. The number of hydrogen-bond acceptors (Lipinski definition) is 4. The summed E-state index contributed by atoms with van der Waals surface area (Å²) in [6.45, 7) is 3.72. The van der Waals surface area contributed by atoms with Crippen molar-refractivity contribution in [3.05, 3.63) is 40.0 Å². The normalized spacial score (nSPS) is 19.1. The summed E-state index contributed by atoms with van der Waals surface area (Å²) in [7, 11) is -3.14. The van der Waals surface area contributed by atoms with Crippen molar-refractivity contribution in [2.24, 2.45) is 11.3 Å². The topological polar surface area (TPSA) is 81.1 Å². The lowest BCUT2D eigenvalue weighted by Gasteiger charge is -2.28. The number of alkyl halides is 6. The van der Waals surface area contributed by atoms with E-state index in [1.165, 1.54) is 12.3 Å². The Morgan fingerprint density at radius 1 is 1.10 bits per heavy atom. The van der Waals surface area contributed by atoms with E-state index < -0.39 is 56.3 Å². The van der Waals surface area contributed by atoms with Crippen LogP contribution in [0.3, 0.4) is 0 Å². The largest absolute Gasteiger partial charge is 0.417 e. The molecule has 0 unspecified atom stereocenters. The molecule has 2 aromatic rings. The van der Waals surface area contributed by atoms with Crippen molar-refractivity contribution in [2.45, 2.75) is 77.0 Å². The van der Waals surface area contributed by atoms with Gasteiger partial charge in [0.05, 0.1) is 26.9 Å². The number of halogens is 7. The summed E-state index contributed by atoms with van der Waals surface area (Å²) in [5, 5.41) is 6.10. The minimum Gasteiger partial charge on any atom is -0.350 e. The van der Waals surface area contributed by atoms with Crippen LogP contribution >= 0.6 is 11.6 Å². The Balaban J connectivity index is 1.89. The van der Waals surface area contributed by atoms with Gasteiger partial charge < -0.3 is 5.32 Å². The lowest BCUT2D eigenvalue weighted by atomic mass is 9.84. The van der Waals surface area contributed by atoms with Gasteiger partial charge >= 0.3 is 12.4 Å². The molecule has 1 aliphatic rings. The van der Waals surface area contributed by atoms with Crippen molar-refractivity contribution in [3.8, 4) is 11.3 Å². The number of rotatable bonds is 8. The van der Waals surface area contributed by atoms with Gasteiger partial charge in [0.1, 0.15) is 9.84 Å². The van der Waals surface area contributed by atoms with Crippen molar-refractivity contribution >= 4 is 27.3 Å². The molecule has 6 nitrogen and oxygen atoms in total. The summed E-state index contributed by atoms with van der Waals surface area (Å²) in [6.07, 6.45) is -6.88. The molecule has 1 heterocycles. The van der Waals surface area contributed by atoms with Crippen LogP contribution in [-0.2, 0) is 29.0 Å². The van der Waals surface area contributed by atoms with Crippen LogP contribution in [0.4, 0.5) is 26.3 Å². The van der Waals surface area contributed by atoms with Crippen LogP contribution in [0.15, 0.2) is 18.2 Å². The molecule has 0 radical (unpaired) electrons. The number of benzene rings is 1. The molecule has 224 valence electrons. The lowest BCUT2D eigenvalue weighted by molar-refractivity contribution is -0.211. The first-order chi connectivity index (χ1) is 18.3. The van der Waals surface area contributed by atoms with Crippen LogP contribution in [0.2, 0.25) is 5.02 Å². The molecule has 0 atom stereocenters. The number of sulfone groups is 1. The molecule has 0 saturated heterocycles. The Kier molecular flexibility index (Phi) is 9.30. The second-order valence-corrected chi connectivity index (χ2v) is 13.6. The van der Waals surface area contributed by atoms with E-state index in [1.807, 2.05) is 0 Å². The van der Waals surface area contributed by atoms with E-state index in [9.17, 15) is 39.6 Å². The second kappa shape index (κ2) is 11.5. The van der Waals surface area contributed by atoms with Crippen LogP contribution in [-0.4, -0.2) is 48.3 Å². The predicted molar refractivity (Wildman–Crippen MR) is 140 cm³/mol. The standard InChI is InChI=1S/C26H32ClF6N3O3S/c1-5-36-22(18-11-8-16(12-19(18)25(28,29)30)13-24(2,3)26(31,32)33)20(27)21(35-36)23(37)34-14-15-6-9-17(10-7-15)40(4,38)39/h8,11-12,15,17H,5-7,9-10,13-14H2,1-4H3,(H,34,37). The number of aromatic nitrogens is 2. The minimum absolute atomic E-state index is 0.0267. The van der Waals surface area contributed by atoms with Crippen LogP contribution < -0.4 is 5.32 Å². The van der Waals surface area contributed by atoms with E-state index >= 15 is 0 Å². The first kappa shape index (κ1) is 32.2. The van der Waals surface area contributed by atoms with Crippen molar-refractivity contribution < 1.29 is 39.6 Å². The van der Waals surface area contributed by atoms with Crippen LogP contribution in [0, 0.1) is 11.3 Å². The summed E-state index contributed by atoms with van der Waals surface area (Å²) < 4.78 is 107. The van der Waals surface area contributed by atoms with E-state index in [-0.39, 0.29) is 41.0 Å². The maximum Gasteiger partial charge on any atom is 0.417 e. The zero-order valence-electron chi connectivity index (χ0n) is 22.5. The number of hydrogen-bond donors (Lipinski definition) is 1. The van der Waals surface area contributed by atoms with Crippen LogP contribution in [0.1, 0.15) is 68.1 Å². The van der Waals surface area contributed by atoms with Gasteiger partial charge in [0.2, 0.25) is 0 Å². The van der Waals surface area contributed by atoms with Gasteiger partial charge in [-0.3, -0.25) is 9.48 Å². The quantitative estimate of drug-likeness (QED) is 0.335. The monoisotopic (exact) mass is 615 g/mol. The smallest absolute Gasteiger partial charge is 0.350 e. The SMILES string of the molecule is CCn1nc(C(=O)NCC2CCC(S(C)(=O)=O)CC2)c(Cl)c1-c1ccc(CC(C)(C)C(F)(F)F)cc1C(F)(F)F. The van der Waals surface area contributed by atoms with E-state index in [4.69, 9.17) is 11.6 Å². The number of aryl methyl sites for hydroxylation is 1. The molecular formula is C26H32ClF6N3O3S. The Morgan fingerprint density at radius 2 is 1.70 bits per heavy atom. The van der Waals surface area contributed by atoms with Gasteiger partial charge in [0.25, 0.3) is 5.91 Å². The van der Waals surface area contributed by atoms with Gasteiger partial charge in [-0.2, -0.15) is 31.4 Å². The van der Waals surface area contributed by atoms with Crippen molar-refractivity contribution in [2.75, 3.05) is 12.8 Å². The zero-order valence-corrected chi connectivity index (χ0v) is 24.1. The highest BCUT2D eigenvalue weighted by Gasteiger charge is 2.47. The summed E-state index contributed by atoms with van der Waals surface area (Å²) in [5.41, 5.74) is -4.45. The molecule has 14 heteroatoms.